The number of ether oxygens (including phenoxy) is 1. The molecule has 3 heteroatoms. The number of likely N-dealkylation sites (N-methyl/N-ethyl adjacent to an activating group) is 1. The van der Waals surface area contributed by atoms with E-state index in [2.05, 4.69) is 17.3 Å². The van der Waals surface area contributed by atoms with E-state index in [1.807, 2.05) is 0 Å². The molecule has 2 aliphatic rings. The topological polar surface area (TPSA) is 24.5 Å². The van der Waals surface area contributed by atoms with Crippen molar-refractivity contribution in [1.29, 1.82) is 0 Å². The summed E-state index contributed by atoms with van der Waals surface area (Å²) in [6.45, 7) is 4.60. The molecule has 2 rings (SSSR count). The molecule has 2 heterocycles. The first-order chi connectivity index (χ1) is 6.34. The second-order valence-corrected chi connectivity index (χ2v) is 4.26. The number of rotatable bonds is 2. The van der Waals surface area contributed by atoms with Gasteiger partial charge in [0.25, 0.3) is 0 Å². The first kappa shape index (κ1) is 9.44. The van der Waals surface area contributed by atoms with Crippen molar-refractivity contribution >= 4 is 0 Å². The lowest BCUT2D eigenvalue weighted by molar-refractivity contribution is -0.0197. The maximum atomic E-state index is 6.04. The molecule has 1 N–H and O–H groups in total. The summed E-state index contributed by atoms with van der Waals surface area (Å²) in [6.07, 6.45) is 4.65. The normalized spacial score (nSPS) is 32.5. The summed E-state index contributed by atoms with van der Waals surface area (Å²) in [4.78, 5) is 2.35. The Hall–Kier alpha value is -0.120. The second-order valence-electron chi connectivity index (χ2n) is 4.26. The van der Waals surface area contributed by atoms with Crippen molar-refractivity contribution in [3.63, 3.8) is 0 Å². The number of hydrogen-bond acceptors (Lipinski definition) is 3. The van der Waals surface area contributed by atoms with Gasteiger partial charge in [0.1, 0.15) is 0 Å². The molecule has 2 fully saturated rings. The Labute approximate surface area is 80.4 Å². The van der Waals surface area contributed by atoms with Gasteiger partial charge in [0.2, 0.25) is 0 Å². The molecule has 0 aromatic heterocycles. The van der Waals surface area contributed by atoms with Gasteiger partial charge in [-0.15, -0.1) is 0 Å². The highest BCUT2D eigenvalue weighted by atomic mass is 16.5. The first-order valence-electron chi connectivity index (χ1n) is 5.39. The summed E-state index contributed by atoms with van der Waals surface area (Å²) in [5, 5.41) is 3.36. The van der Waals surface area contributed by atoms with Gasteiger partial charge in [0.15, 0.2) is 0 Å². The smallest absolute Gasteiger partial charge is 0.0717 e. The fourth-order valence-electron chi connectivity index (χ4n) is 2.21. The predicted octanol–water partition coefficient (Wildman–Crippen LogP) is 0.459. The molecule has 0 aliphatic carbocycles. The molecule has 0 radical (unpaired) electrons. The average molecular weight is 184 g/mol. The lowest BCUT2D eigenvalue weighted by Gasteiger charge is -2.26. The van der Waals surface area contributed by atoms with Crippen LogP contribution in [0, 0.1) is 0 Å². The lowest BCUT2D eigenvalue weighted by Crippen LogP contribution is -2.35. The van der Waals surface area contributed by atoms with Crippen molar-refractivity contribution in [2.75, 3.05) is 33.2 Å². The quantitative estimate of drug-likeness (QED) is 0.675. The Morgan fingerprint density at radius 1 is 1.15 bits per heavy atom. The second kappa shape index (κ2) is 4.40. The summed E-state index contributed by atoms with van der Waals surface area (Å²) in [5.74, 6) is 0. The molecule has 2 aliphatic heterocycles. The summed E-state index contributed by atoms with van der Waals surface area (Å²) in [7, 11) is 2.17. The monoisotopic (exact) mass is 184 g/mol. The fraction of sp³-hybridized carbons (Fsp3) is 1.00. The molecule has 0 unspecified atom stereocenters. The zero-order valence-electron chi connectivity index (χ0n) is 8.46. The van der Waals surface area contributed by atoms with Crippen LogP contribution in [-0.2, 0) is 4.74 Å². The highest BCUT2D eigenvalue weighted by Crippen LogP contribution is 2.16. The van der Waals surface area contributed by atoms with E-state index < -0.39 is 0 Å². The SMILES string of the molecule is CN1CC[C@H](OC2CCNCC2)C1. The molecular formula is C10H20N2O. The molecule has 0 spiro atoms. The van der Waals surface area contributed by atoms with E-state index in [4.69, 9.17) is 4.74 Å². The van der Waals surface area contributed by atoms with Crippen LogP contribution in [0.3, 0.4) is 0 Å². The molecule has 0 bridgehead atoms. The van der Waals surface area contributed by atoms with E-state index in [9.17, 15) is 0 Å². The third-order valence-electron chi connectivity index (χ3n) is 3.02. The number of nitrogens with one attached hydrogen (secondary N) is 1. The van der Waals surface area contributed by atoms with Crippen LogP contribution in [0.15, 0.2) is 0 Å². The van der Waals surface area contributed by atoms with Crippen molar-refractivity contribution in [3.8, 4) is 0 Å². The molecule has 2 saturated heterocycles. The van der Waals surface area contributed by atoms with E-state index in [-0.39, 0.29) is 0 Å². The van der Waals surface area contributed by atoms with Crippen LogP contribution in [0.2, 0.25) is 0 Å². The third kappa shape index (κ3) is 2.66. The Morgan fingerprint density at radius 2 is 1.92 bits per heavy atom. The van der Waals surface area contributed by atoms with Crippen molar-refractivity contribution in [1.82, 2.24) is 10.2 Å². The van der Waals surface area contributed by atoms with Crippen LogP contribution in [0.4, 0.5) is 0 Å². The number of likely N-dealkylation sites (tertiary alicyclic amines) is 1. The van der Waals surface area contributed by atoms with E-state index >= 15 is 0 Å². The van der Waals surface area contributed by atoms with Crippen LogP contribution < -0.4 is 5.32 Å². The molecule has 13 heavy (non-hydrogen) atoms. The van der Waals surface area contributed by atoms with Crippen LogP contribution in [-0.4, -0.2) is 50.3 Å². The molecule has 0 saturated carbocycles. The minimum absolute atomic E-state index is 0.507. The highest BCUT2D eigenvalue weighted by molar-refractivity contribution is 4.77. The van der Waals surface area contributed by atoms with E-state index in [1.165, 1.54) is 25.8 Å². The van der Waals surface area contributed by atoms with Gasteiger partial charge >= 0.3 is 0 Å². The molecule has 0 aromatic rings. The van der Waals surface area contributed by atoms with Crippen molar-refractivity contribution in [3.05, 3.63) is 0 Å². The average Bonchev–Trinajstić information content (AvgIpc) is 2.53. The predicted molar refractivity (Wildman–Crippen MR) is 52.9 cm³/mol. The molecule has 1 atom stereocenters. The van der Waals surface area contributed by atoms with Gasteiger partial charge in [-0.1, -0.05) is 0 Å². The minimum Gasteiger partial charge on any atom is -0.374 e. The molecule has 76 valence electrons. The number of piperidine rings is 1. The van der Waals surface area contributed by atoms with Gasteiger partial charge in [0, 0.05) is 13.1 Å². The van der Waals surface area contributed by atoms with Gasteiger partial charge in [-0.2, -0.15) is 0 Å². The molecule has 0 aromatic carbocycles. The maximum absolute atomic E-state index is 6.04. The van der Waals surface area contributed by atoms with E-state index in [0.29, 0.717) is 12.2 Å². The van der Waals surface area contributed by atoms with Crippen LogP contribution >= 0.6 is 0 Å². The van der Waals surface area contributed by atoms with E-state index in [1.54, 1.807) is 0 Å². The van der Waals surface area contributed by atoms with Crippen LogP contribution in [0.1, 0.15) is 19.3 Å². The van der Waals surface area contributed by atoms with E-state index in [0.717, 1.165) is 19.6 Å². The van der Waals surface area contributed by atoms with Crippen LogP contribution in [0.5, 0.6) is 0 Å². The van der Waals surface area contributed by atoms with Gasteiger partial charge in [-0.05, 0) is 39.4 Å². The minimum atomic E-state index is 0.507. The van der Waals surface area contributed by atoms with Gasteiger partial charge in [0.05, 0.1) is 12.2 Å². The molecule has 3 nitrogen and oxygen atoms in total. The van der Waals surface area contributed by atoms with Gasteiger partial charge < -0.3 is 15.0 Å². The first-order valence-corrected chi connectivity index (χ1v) is 5.39. The van der Waals surface area contributed by atoms with Gasteiger partial charge in [-0.25, -0.2) is 0 Å². The number of hydrogen-bond donors (Lipinski definition) is 1. The van der Waals surface area contributed by atoms with Crippen molar-refractivity contribution < 1.29 is 4.74 Å². The molecular weight excluding hydrogens is 164 g/mol. The fourth-order valence-corrected chi connectivity index (χ4v) is 2.21. The Balaban J connectivity index is 1.71. The van der Waals surface area contributed by atoms with Crippen LogP contribution in [0.25, 0.3) is 0 Å². The Bertz CT molecular complexity index is 154. The lowest BCUT2D eigenvalue weighted by atomic mass is 10.1. The summed E-state index contributed by atoms with van der Waals surface area (Å²) >= 11 is 0. The standard InChI is InChI=1S/C10H20N2O/c1-12-7-4-10(8-12)13-9-2-5-11-6-3-9/h9-11H,2-8H2,1H3/t10-/m0/s1. The Kier molecular flexibility index (Phi) is 3.19. The summed E-state index contributed by atoms with van der Waals surface area (Å²) in [5.41, 5.74) is 0. The summed E-state index contributed by atoms with van der Waals surface area (Å²) in [6, 6.07) is 0. The van der Waals surface area contributed by atoms with Crippen molar-refractivity contribution in [2.24, 2.45) is 0 Å². The Morgan fingerprint density at radius 3 is 2.54 bits per heavy atom. The highest BCUT2D eigenvalue weighted by Gasteiger charge is 2.24. The third-order valence-corrected chi connectivity index (χ3v) is 3.02. The largest absolute Gasteiger partial charge is 0.374 e. The zero-order valence-corrected chi connectivity index (χ0v) is 8.46. The van der Waals surface area contributed by atoms with Crippen molar-refractivity contribution in [2.45, 2.75) is 31.5 Å². The summed E-state index contributed by atoms with van der Waals surface area (Å²) < 4.78 is 6.04. The van der Waals surface area contributed by atoms with Gasteiger partial charge in [-0.3, -0.25) is 0 Å². The number of nitrogens with zero attached hydrogens (tertiary/aromatic N) is 1. The molecule has 0 amide bonds. The zero-order chi connectivity index (χ0) is 9.10. The maximum Gasteiger partial charge on any atom is 0.0717 e.